The fourth-order valence-electron chi connectivity index (χ4n) is 1.90. The summed E-state index contributed by atoms with van der Waals surface area (Å²) in [6.07, 6.45) is -0.482. The maximum absolute atomic E-state index is 12.0. The summed E-state index contributed by atoms with van der Waals surface area (Å²) in [5, 5.41) is 5.88. The third-order valence-corrected chi connectivity index (χ3v) is 2.99. The van der Waals surface area contributed by atoms with Crippen molar-refractivity contribution in [3.05, 3.63) is 29.3 Å². The number of anilines is 1. The molecule has 1 saturated heterocycles. The maximum atomic E-state index is 12.0. The minimum atomic E-state index is -0.485. The average molecular weight is 263 g/mol. The van der Waals surface area contributed by atoms with Gasteiger partial charge in [0.25, 0.3) is 5.91 Å². The summed E-state index contributed by atoms with van der Waals surface area (Å²) in [6, 6.07) is 4.91. The normalized spacial score (nSPS) is 18.9. The van der Waals surface area contributed by atoms with Crippen LogP contribution in [0.15, 0.2) is 18.2 Å². The molecule has 1 heterocycles. The van der Waals surface area contributed by atoms with Gasteiger partial charge in [-0.15, -0.1) is 0 Å². The van der Waals surface area contributed by atoms with E-state index in [1.807, 2.05) is 6.92 Å². The summed E-state index contributed by atoms with van der Waals surface area (Å²) in [5.74, 6) is -0.678. The van der Waals surface area contributed by atoms with E-state index in [1.54, 1.807) is 18.2 Å². The molecule has 2 amide bonds. The molecule has 6 heteroatoms. The first-order chi connectivity index (χ1) is 9.08. The number of carbonyl (C=O) groups excluding carboxylic acids is 2. The second-order valence-corrected chi connectivity index (χ2v) is 4.45. The highest BCUT2D eigenvalue weighted by atomic mass is 16.5. The van der Waals surface area contributed by atoms with Crippen LogP contribution < -0.4 is 16.4 Å². The Balaban J connectivity index is 2.06. The fraction of sp³-hybridized carbons (Fsp3) is 0.385. The minimum absolute atomic E-state index is 0.192. The number of primary amides is 1. The Morgan fingerprint density at radius 2 is 2.26 bits per heavy atom. The molecule has 0 saturated carbocycles. The van der Waals surface area contributed by atoms with Gasteiger partial charge in [0, 0.05) is 24.3 Å². The van der Waals surface area contributed by atoms with E-state index in [4.69, 9.17) is 10.5 Å². The summed E-state index contributed by atoms with van der Waals surface area (Å²) >= 11 is 0. The van der Waals surface area contributed by atoms with E-state index in [0.717, 1.165) is 12.1 Å². The van der Waals surface area contributed by atoms with Gasteiger partial charge in [-0.05, 0) is 30.7 Å². The van der Waals surface area contributed by atoms with E-state index in [0.29, 0.717) is 24.4 Å². The molecule has 19 heavy (non-hydrogen) atoms. The number of nitrogens with two attached hydrogens (primary N) is 1. The van der Waals surface area contributed by atoms with E-state index in [2.05, 4.69) is 10.6 Å². The Hall–Kier alpha value is -1.92. The summed E-state index contributed by atoms with van der Waals surface area (Å²) < 4.78 is 5.37. The highest BCUT2D eigenvalue weighted by Gasteiger charge is 2.22. The van der Waals surface area contributed by atoms with Gasteiger partial charge in [-0.25, -0.2) is 0 Å². The summed E-state index contributed by atoms with van der Waals surface area (Å²) in [5.41, 5.74) is 7.06. The van der Waals surface area contributed by atoms with Crippen molar-refractivity contribution in [3.63, 3.8) is 0 Å². The largest absolute Gasteiger partial charge is 0.366 e. The van der Waals surface area contributed by atoms with Crippen LogP contribution in [-0.2, 0) is 9.53 Å². The second-order valence-electron chi connectivity index (χ2n) is 4.45. The van der Waals surface area contributed by atoms with Crippen LogP contribution >= 0.6 is 0 Å². The second kappa shape index (κ2) is 5.81. The van der Waals surface area contributed by atoms with E-state index in [9.17, 15) is 9.59 Å². The Kier molecular flexibility index (Phi) is 4.13. The first-order valence-corrected chi connectivity index (χ1v) is 6.11. The maximum Gasteiger partial charge on any atom is 0.254 e. The first-order valence-electron chi connectivity index (χ1n) is 6.11. The van der Waals surface area contributed by atoms with Crippen LogP contribution in [0.4, 0.5) is 5.69 Å². The molecule has 6 nitrogen and oxygen atoms in total. The Morgan fingerprint density at radius 1 is 1.47 bits per heavy atom. The van der Waals surface area contributed by atoms with Crippen molar-refractivity contribution in [3.8, 4) is 0 Å². The van der Waals surface area contributed by atoms with Crippen LogP contribution in [0.2, 0.25) is 0 Å². The monoisotopic (exact) mass is 263 g/mol. The smallest absolute Gasteiger partial charge is 0.254 e. The number of amides is 2. The lowest BCUT2D eigenvalue weighted by molar-refractivity contribution is -0.128. The summed E-state index contributed by atoms with van der Waals surface area (Å²) in [6.45, 7) is 3.60. The average Bonchev–Trinajstić information content (AvgIpc) is 2.41. The van der Waals surface area contributed by atoms with E-state index < -0.39 is 12.0 Å². The molecule has 0 spiro atoms. The van der Waals surface area contributed by atoms with Crippen molar-refractivity contribution < 1.29 is 14.3 Å². The molecule has 2 rings (SSSR count). The van der Waals surface area contributed by atoms with Crippen LogP contribution in [0.5, 0.6) is 0 Å². The minimum Gasteiger partial charge on any atom is -0.366 e. The van der Waals surface area contributed by atoms with E-state index >= 15 is 0 Å². The lowest BCUT2D eigenvalue weighted by Gasteiger charge is -2.23. The van der Waals surface area contributed by atoms with Crippen molar-refractivity contribution in [2.24, 2.45) is 5.73 Å². The SMILES string of the molecule is Cc1cc(C(N)=O)ccc1NC(=O)C1CNCCO1. The molecule has 1 unspecified atom stereocenters. The zero-order chi connectivity index (χ0) is 13.8. The van der Waals surface area contributed by atoms with Gasteiger partial charge in [-0.1, -0.05) is 0 Å². The van der Waals surface area contributed by atoms with Gasteiger partial charge in [0.05, 0.1) is 6.61 Å². The summed E-state index contributed by atoms with van der Waals surface area (Å²) in [7, 11) is 0. The standard InChI is InChI=1S/C13H17N3O3/c1-8-6-9(12(14)17)2-3-10(8)16-13(18)11-7-15-4-5-19-11/h2-3,6,11,15H,4-5,7H2,1H3,(H2,14,17)(H,16,18). The van der Waals surface area contributed by atoms with Gasteiger partial charge in [0.15, 0.2) is 0 Å². The molecule has 0 bridgehead atoms. The van der Waals surface area contributed by atoms with Crippen LogP contribution in [0.1, 0.15) is 15.9 Å². The predicted octanol–water partition coefficient (Wildman–Crippen LogP) is 0.0208. The fourth-order valence-corrected chi connectivity index (χ4v) is 1.90. The van der Waals surface area contributed by atoms with Gasteiger partial charge in [0.1, 0.15) is 6.10 Å². The number of ether oxygens (including phenoxy) is 1. The predicted molar refractivity (Wildman–Crippen MR) is 70.9 cm³/mol. The Labute approximate surface area is 111 Å². The molecule has 1 aliphatic heterocycles. The van der Waals surface area contributed by atoms with E-state index in [-0.39, 0.29) is 5.91 Å². The zero-order valence-electron chi connectivity index (χ0n) is 10.7. The van der Waals surface area contributed by atoms with Crippen molar-refractivity contribution in [1.82, 2.24) is 5.32 Å². The molecule has 0 aromatic heterocycles. The quantitative estimate of drug-likeness (QED) is 0.716. The molecule has 1 aromatic carbocycles. The molecule has 1 aromatic rings. The van der Waals surface area contributed by atoms with Crippen molar-refractivity contribution in [2.75, 3.05) is 25.0 Å². The Morgan fingerprint density at radius 3 is 2.84 bits per heavy atom. The number of benzene rings is 1. The number of aryl methyl sites for hydroxylation is 1. The van der Waals surface area contributed by atoms with Crippen molar-refractivity contribution in [2.45, 2.75) is 13.0 Å². The highest BCUT2D eigenvalue weighted by molar-refractivity contribution is 5.97. The van der Waals surface area contributed by atoms with Crippen LogP contribution in [0.25, 0.3) is 0 Å². The van der Waals surface area contributed by atoms with Gasteiger partial charge < -0.3 is 21.1 Å². The van der Waals surface area contributed by atoms with Crippen LogP contribution in [-0.4, -0.2) is 37.6 Å². The molecule has 1 aliphatic rings. The number of rotatable bonds is 3. The first kappa shape index (κ1) is 13.5. The number of nitrogens with one attached hydrogen (secondary N) is 2. The lowest BCUT2D eigenvalue weighted by atomic mass is 10.1. The molecular weight excluding hydrogens is 246 g/mol. The number of carbonyl (C=O) groups is 2. The van der Waals surface area contributed by atoms with Crippen LogP contribution in [0.3, 0.4) is 0 Å². The van der Waals surface area contributed by atoms with Gasteiger partial charge in [-0.3, -0.25) is 9.59 Å². The van der Waals surface area contributed by atoms with Gasteiger partial charge in [0.2, 0.25) is 5.91 Å². The molecule has 0 radical (unpaired) electrons. The third kappa shape index (κ3) is 3.30. The molecule has 1 fully saturated rings. The lowest BCUT2D eigenvalue weighted by Crippen LogP contribution is -2.45. The molecule has 1 atom stereocenters. The number of hydrogen-bond donors (Lipinski definition) is 3. The van der Waals surface area contributed by atoms with Gasteiger partial charge in [-0.2, -0.15) is 0 Å². The third-order valence-electron chi connectivity index (χ3n) is 2.99. The highest BCUT2D eigenvalue weighted by Crippen LogP contribution is 2.17. The topological polar surface area (TPSA) is 93.5 Å². The Bertz CT molecular complexity index is 496. The van der Waals surface area contributed by atoms with Crippen LogP contribution in [0, 0.1) is 6.92 Å². The molecular formula is C13H17N3O3. The molecule has 4 N–H and O–H groups in total. The molecule has 102 valence electrons. The number of hydrogen-bond acceptors (Lipinski definition) is 4. The van der Waals surface area contributed by atoms with Crippen molar-refractivity contribution in [1.29, 1.82) is 0 Å². The van der Waals surface area contributed by atoms with Gasteiger partial charge >= 0.3 is 0 Å². The number of morpholine rings is 1. The zero-order valence-corrected chi connectivity index (χ0v) is 10.7. The van der Waals surface area contributed by atoms with E-state index in [1.165, 1.54) is 0 Å². The molecule has 0 aliphatic carbocycles. The summed E-state index contributed by atoms with van der Waals surface area (Å²) in [4.78, 5) is 23.0. The van der Waals surface area contributed by atoms with Crippen molar-refractivity contribution >= 4 is 17.5 Å².